The third-order valence-corrected chi connectivity index (χ3v) is 4.22. The van der Waals surface area contributed by atoms with Crippen molar-refractivity contribution < 1.29 is 9.13 Å². The minimum atomic E-state index is -0.228. The molecule has 0 aliphatic carbocycles. The summed E-state index contributed by atoms with van der Waals surface area (Å²) >= 11 is 0. The van der Waals surface area contributed by atoms with E-state index in [1.807, 2.05) is 16.8 Å². The van der Waals surface area contributed by atoms with Gasteiger partial charge in [0.2, 0.25) is 0 Å². The summed E-state index contributed by atoms with van der Waals surface area (Å²) in [5.41, 5.74) is 3.90. The molecule has 0 amide bonds. The molecule has 0 radical (unpaired) electrons. The highest BCUT2D eigenvalue weighted by Crippen LogP contribution is 2.17. The van der Waals surface area contributed by atoms with E-state index in [2.05, 4.69) is 41.5 Å². The molecule has 0 saturated carbocycles. The van der Waals surface area contributed by atoms with E-state index in [9.17, 15) is 4.39 Å². The third-order valence-electron chi connectivity index (χ3n) is 4.22. The Bertz CT molecular complexity index is 800. The predicted octanol–water partition coefficient (Wildman–Crippen LogP) is 4.01. The second kappa shape index (κ2) is 8.05. The highest BCUT2D eigenvalue weighted by atomic mass is 19.1. The molecular weight excluding hydrogens is 317 g/mol. The van der Waals surface area contributed by atoms with Crippen molar-refractivity contribution in [1.29, 1.82) is 0 Å². The van der Waals surface area contributed by atoms with Crippen molar-refractivity contribution in [2.75, 3.05) is 7.11 Å². The number of hydrogen-bond donors (Lipinski definition) is 1. The maximum atomic E-state index is 13.7. The third kappa shape index (κ3) is 4.32. The van der Waals surface area contributed by atoms with Crippen LogP contribution in [0, 0.1) is 5.82 Å². The molecule has 0 unspecified atom stereocenters. The Morgan fingerprint density at radius 1 is 1.20 bits per heavy atom. The molecule has 0 saturated heterocycles. The van der Waals surface area contributed by atoms with Crippen LogP contribution in [0.25, 0.3) is 5.69 Å². The highest BCUT2D eigenvalue weighted by Gasteiger charge is 2.07. The number of halogens is 1. The first-order valence-electron chi connectivity index (χ1n) is 8.25. The van der Waals surface area contributed by atoms with Crippen molar-refractivity contribution in [3.8, 4) is 5.69 Å². The van der Waals surface area contributed by atoms with Crippen molar-refractivity contribution in [3.05, 3.63) is 83.7 Å². The van der Waals surface area contributed by atoms with Crippen LogP contribution in [0.4, 0.5) is 4.39 Å². The lowest BCUT2D eigenvalue weighted by Crippen LogP contribution is -2.18. The number of imidazole rings is 1. The summed E-state index contributed by atoms with van der Waals surface area (Å²) in [6, 6.07) is 13.7. The van der Waals surface area contributed by atoms with Crippen LogP contribution < -0.4 is 5.32 Å². The lowest BCUT2D eigenvalue weighted by Gasteiger charge is -2.15. The molecule has 2 aromatic carbocycles. The number of aromatic nitrogens is 2. The smallest absolute Gasteiger partial charge is 0.128 e. The molecule has 0 aliphatic heterocycles. The van der Waals surface area contributed by atoms with Gasteiger partial charge in [0.15, 0.2) is 0 Å². The molecule has 0 spiro atoms. The SMILES string of the molecule is COCc1cc(CN[C@H](C)c2ccc(-n3ccnc3)cc2)ccc1F. The number of benzene rings is 2. The zero-order chi connectivity index (χ0) is 17.6. The van der Waals surface area contributed by atoms with Crippen molar-refractivity contribution in [2.24, 2.45) is 0 Å². The van der Waals surface area contributed by atoms with Crippen LogP contribution >= 0.6 is 0 Å². The zero-order valence-corrected chi connectivity index (χ0v) is 14.4. The first kappa shape index (κ1) is 17.3. The van der Waals surface area contributed by atoms with E-state index in [0.717, 1.165) is 11.3 Å². The Balaban J connectivity index is 1.62. The maximum absolute atomic E-state index is 13.7. The van der Waals surface area contributed by atoms with Gasteiger partial charge in [0.25, 0.3) is 0 Å². The van der Waals surface area contributed by atoms with Crippen molar-refractivity contribution in [3.63, 3.8) is 0 Å². The Hall–Kier alpha value is -2.50. The molecule has 3 rings (SSSR count). The molecule has 3 aromatic rings. The summed E-state index contributed by atoms with van der Waals surface area (Å²) in [6.45, 7) is 3.07. The molecule has 1 heterocycles. The minimum absolute atomic E-state index is 0.188. The molecule has 0 aliphatic rings. The van der Waals surface area contributed by atoms with E-state index < -0.39 is 0 Å². The van der Waals surface area contributed by atoms with Crippen LogP contribution in [0.5, 0.6) is 0 Å². The first-order valence-corrected chi connectivity index (χ1v) is 8.25. The fourth-order valence-corrected chi connectivity index (χ4v) is 2.74. The van der Waals surface area contributed by atoms with Gasteiger partial charge in [-0.15, -0.1) is 0 Å². The molecule has 5 heteroatoms. The lowest BCUT2D eigenvalue weighted by molar-refractivity contribution is 0.181. The van der Waals surface area contributed by atoms with E-state index in [-0.39, 0.29) is 18.5 Å². The predicted molar refractivity (Wildman–Crippen MR) is 95.9 cm³/mol. The first-order chi connectivity index (χ1) is 12.2. The molecule has 1 atom stereocenters. The standard InChI is InChI=1S/C20H22FN3O/c1-15(17-4-6-19(7-5-17)24-10-9-22-14-24)23-12-16-3-8-20(21)18(11-16)13-25-2/h3-11,14-15,23H,12-13H2,1-2H3/t15-/m1/s1. The van der Waals surface area contributed by atoms with Gasteiger partial charge in [0.05, 0.1) is 12.9 Å². The van der Waals surface area contributed by atoms with Crippen LogP contribution in [-0.2, 0) is 17.9 Å². The van der Waals surface area contributed by atoms with Crippen molar-refractivity contribution in [1.82, 2.24) is 14.9 Å². The van der Waals surface area contributed by atoms with Gasteiger partial charge in [-0.2, -0.15) is 0 Å². The fourth-order valence-electron chi connectivity index (χ4n) is 2.74. The van der Waals surface area contributed by atoms with E-state index in [1.54, 1.807) is 25.7 Å². The molecule has 25 heavy (non-hydrogen) atoms. The maximum Gasteiger partial charge on any atom is 0.128 e. The Morgan fingerprint density at radius 2 is 2.00 bits per heavy atom. The van der Waals surface area contributed by atoms with Gasteiger partial charge in [-0.3, -0.25) is 0 Å². The second-order valence-electron chi connectivity index (χ2n) is 6.02. The van der Waals surface area contributed by atoms with Gasteiger partial charge in [-0.05, 0) is 42.3 Å². The monoisotopic (exact) mass is 339 g/mol. The highest BCUT2D eigenvalue weighted by molar-refractivity contribution is 5.35. The van der Waals surface area contributed by atoms with Gasteiger partial charge >= 0.3 is 0 Å². The Labute approximate surface area is 147 Å². The van der Waals surface area contributed by atoms with Crippen molar-refractivity contribution in [2.45, 2.75) is 26.1 Å². The van der Waals surface area contributed by atoms with E-state index >= 15 is 0 Å². The van der Waals surface area contributed by atoms with Crippen LogP contribution in [0.15, 0.2) is 61.2 Å². The second-order valence-corrected chi connectivity index (χ2v) is 6.02. The normalized spacial score (nSPS) is 12.3. The lowest BCUT2D eigenvalue weighted by atomic mass is 10.1. The molecule has 4 nitrogen and oxygen atoms in total. The summed E-state index contributed by atoms with van der Waals surface area (Å²) in [4.78, 5) is 4.06. The summed E-state index contributed by atoms with van der Waals surface area (Å²) in [7, 11) is 1.57. The van der Waals surface area contributed by atoms with Crippen LogP contribution in [0.2, 0.25) is 0 Å². The molecule has 0 bridgehead atoms. The molecule has 1 aromatic heterocycles. The van der Waals surface area contributed by atoms with Gasteiger partial charge in [0.1, 0.15) is 5.82 Å². The Kier molecular flexibility index (Phi) is 5.58. The fraction of sp³-hybridized carbons (Fsp3) is 0.250. The summed E-state index contributed by atoms with van der Waals surface area (Å²) in [5, 5.41) is 3.48. The van der Waals surface area contributed by atoms with Gasteiger partial charge < -0.3 is 14.6 Å². The van der Waals surface area contributed by atoms with Gasteiger partial charge in [-0.1, -0.05) is 18.2 Å². The molecule has 0 fully saturated rings. The number of rotatable bonds is 7. The minimum Gasteiger partial charge on any atom is -0.380 e. The van der Waals surface area contributed by atoms with Gasteiger partial charge in [0, 0.05) is 43.3 Å². The number of methoxy groups -OCH3 is 1. The van der Waals surface area contributed by atoms with Gasteiger partial charge in [-0.25, -0.2) is 9.37 Å². The van der Waals surface area contributed by atoms with Crippen LogP contribution in [0.1, 0.15) is 29.7 Å². The average molecular weight is 339 g/mol. The molecule has 130 valence electrons. The van der Waals surface area contributed by atoms with E-state index in [4.69, 9.17) is 4.74 Å². The topological polar surface area (TPSA) is 39.1 Å². The van der Waals surface area contributed by atoms with E-state index in [0.29, 0.717) is 12.1 Å². The quantitative estimate of drug-likeness (QED) is 0.707. The molecular formula is C20H22FN3O. The Morgan fingerprint density at radius 3 is 2.68 bits per heavy atom. The van der Waals surface area contributed by atoms with Crippen LogP contribution in [-0.4, -0.2) is 16.7 Å². The summed E-state index contributed by atoms with van der Waals surface area (Å²) in [5.74, 6) is -0.228. The average Bonchev–Trinajstić information content (AvgIpc) is 3.17. The largest absolute Gasteiger partial charge is 0.380 e. The summed E-state index contributed by atoms with van der Waals surface area (Å²) < 4.78 is 20.7. The van der Waals surface area contributed by atoms with Crippen LogP contribution in [0.3, 0.4) is 0 Å². The number of nitrogens with one attached hydrogen (secondary N) is 1. The molecule has 1 N–H and O–H groups in total. The summed E-state index contributed by atoms with van der Waals surface area (Å²) in [6.07, 6.45) is 5.46. The van der Waals surface area contributed by atoms with Crippen molar-refractivity contribution >= 4 is 0 Å². The number of nitrogens with zero attached hydrogens (tertiary/aromatic N) is 2. The number of hydrogen-bond acceptors (Lipinski definition) is 3. The zero-order valence-electron chi connectivity index (χ0n) is 14.4. The van der Waals surface area contributed by atoms with E-state index in [1.165, 1.54) is 11.6 Å². The number of ether oxygens (including phenoxy) is 1.